The van der Waals surface area contributed by atoms with Gasteiger partial charge in [0, 0.05) is 20.7 Å². The summed E-state index contributed by atoms with van der Waals surface area (Å²) in [5, 5.41) is -0.396. The lowest BCUT2D eigenvalue weighted by Crippen LogP contribution is -2.35. The van der Waals surface area contributed by atoms with Gasteiger partial charge in [0.2, 0.25) is 5.91 Å². The lowest BCUT2D eigenvalue weighted by Gasteiger charge is -2.18. The number of alkyl halides is 1. The van der Waals surface area contributed by atoms with Gasteiger partial charge in [-0.05, 0) is 6.42 Å². The van der Waals surface area contributed by atoms with E-state index in [2.05, 4.69) is 0 Å². The maximum atomic E-state index is 11.3. The van der Waals surface area contributed by atoms with Crippen molar-refractivity contribution in [2.45, 2.75) is 18.7 Å². The highest BCUT2D eigenvalue weighted by atomic mass is 35.5. The highest BCUT2D eigenvalue weighted by Gasteiger charge is 2.16. The van der Waals surface area contributed by atoms with Crippen molar-refractivity contribution in [1.82, 2.24) is 4.90 Å². The minimum absolute atomic E-state index is 0.0313. The molecule has 1 amide bonds. The summed E-state index contributed by atoms with van der Waals surface area (Å²) < 4.78 is 4.84. The maximum absolute atomic E-state index is 11.3. The van der Waals surface area contributed by atoms with E-state index in [1.807, 2.05) is 6.92 Å². The molecule has 4 heteroatoms. The summed E-state index contributed by atoms with van der Waals surface area (Å²) in [6, 6.07) is 0. The molecule has 0 radical (unpaired) electrons. The van der Waals surface area contributed by atoms with Gasteiger partial charge < -0.3 is 9.64 Å². The number of nitrogens with zero attached hydrogens (tertiary/aromatic N) is 1. The van der Waals surface area contributed by atoms with Crippen molar-refractivity contribution >= 4 is 17.5 Å². The van der Waals surface area contributed by atoms with Gasteiger partial charge in [-0.3, -0.25) is 4.79 Å². The summed E-state index contributed by atoms with van der Waals surface area (Å²) in [4.78, 5) is 12.9. The van der Waals surface area contributed by atoms with Gasteiger partial charge in [-0.1, -0.05) is 6.92 Å². The standard InChI is InChI=1S/C8H16ClNO2/c1-4-7(9)8(11)10(2)5-6-12-3/h7H,4-6H2,1-3H3/t7-/m1/s1. The highest BCUT2D eigenvalue weighted by Crippen LogP contribution is 2.04. The summed E-state index contributed by atoms with van der Waals surface area (Å²) in [7, 11) is 3.34. The van der Waals surface area contributed by atoms with E-state index in [0.717, 1.165) is 0 Å². The molecule has 0 saturated heterocycles. The predicted octanol–water partition coefficient (Wildman–Crippen LogP) is 1.11. The molecule has 0 aliphatic carbocycles. The van der Waals surface area contributed by atoms with E-state index in [4.69, 9.17) is 16.3 Å². The summed E-state index contributed by atoms with van der Waals surface area (Å²) >= 11 is 5.76. The second-order valence-corrected chi connectivity index (χ2v) is 3.16. The van der Waals surface area contributed by atoms with Crippen LogP contribution in [0.2, 0.25) is 0 Å². The first-order valence-electron chi connectivity index (χ1n) is 4.01. The molecule has 12 heavy (non-hydrogen) atoms. The molecule has 0 saturated carbocycles. The lowest BCUT2D eigenvalue weighted by atomic mass is 10.3. The van der Waals surface area contributed by atoms with Gasteiger partial charge >= 0.3 is 0 Å². The molecular formula is C8H16ClNO2. The molecule has 0 N–H and O–H groups in total. The second-order valence-electron chi connectivity index (χ2n) is 2.63. The van der Waals surface area contributed by atoms with Crippen molar-refractivity contribution in [2.24, 2.45) is 0 Å². The van der Waals surface area contributed by atoms with Crippen LogP contribution in [0, 0.1) is 0 Å². The van der Waals surface area contributed by atoms with Crippen molar-refractivity contribution in [3.63, 3.8) is 0 Å². The molecule has 0 aromatic rings. The van der Waals surface area contributed by atoms with E-state index in [1.54, 1.807) is 19.1 Å². The van der Waals surface area contributed by atoms with E-state index >= 15 is 0 Å². The van der Waals surface area contributed by atoms with Gasteiger partial charge in [0.1, 0.15) is 5.38 Å². The third-order valence-electron chi connectivity index (χ3n) is 1.63. The van der Waals surface area contributed by atoms with Gasteiger partial charge in [0.15, 0.2) is 0 Å². The van der Waals surface area contributed by atoms with Crippen LogP contribution in [0.3, 0.4) is 0 Å². The minimum Gasteiger partial charge on any atom is -0.383 e. The number of ether oxygens (including phenoxy) is 1. The summed E-state index contributed by atoms with van der Waals surface area (Å²) in [5.74, 6) is -0.0313. The molecule has 0 fully saturated rings. The number of likely N-dealkylation sites (N-methyl/N-ethyl adjacent to an activating group) is 1. The van der Waals surface area contributed by atoms with E-state index in [1.165, 1.54) is 0 Å². The summed E-state index contributed by atoms with van der Waals surface area (Å²) in [6.45, 7) is 3.04. The zero-order valence-electron chi connectivity index (χ0n) is 7.84. The van der Waals surface area contributed by atoms with Crippen LogP contribution in [-0.2, 0) is 9.53 Å². The number of hydrogen-bond acceptors (Lipinski definition) is 2. The number of rotatable bonds is 5. The Kier molecular flexibility index (Phi) is 6.11. The third-order valence-corrected chi connectivity index (χ3v) is 2.13. The fraction of sp³-hybridized carbons (Fsp3) is 0.875. The van der Waals surface area contributed by atoms with Crippen molar-refractivity contribution in [2.75, 3.05) is 27.3 Å². The highest BCUT2D eigenvalue weighted by molar-refractivity contribution is 6.30. The van der Waals surface area contributed by atoms with Gasteiger partial charge in [-0.15, -0.1) is 11.6 Å². The Hall–Kier alpha value is -0.280. The van der Waals surface area contributed by atoms with Gasteiger partial charge in [-0.25, -0.2) is 0 Å². The van der Waals surface area contributed by atoms with Crippen LogP contribution < -0.4 is 0 Å². The molecule has 3 nitrogen and oxygen atoms in total. The minimum atomic E-state index is -0.396. The van der Waals surface area contributed by atoms with Crippen molar-refractivity contribution in [1.29, 1.82) is 0 Å². The van der Waals surface area contributed by atoms with Crippen LogP contribution >= 0.6 is 11.6 Å². The first-order valence-corrected chi connectivity index (χ1v) is 4.45. The predicted molar refractivity (Wildman–Crippen MR) is 49.4 cm³/mol. The molecule has 72 valence electrons. The zero-order valence-corrected chi connectivity index (χ0v) is 8.60. The third kappa shape index (κ3) is 3.93. The SMILES string of the molecule is CC[C@@H](Cl)C(=O)N(C)CCOC. The van der Waals surface area contributed by atoms with Gasteiger partial charge in [-0.2, -0.15) is 0 Å². The molecule has 0 aliphatic heterocycles. The van der Waals surface area contributed by atoms with E-state index in [0.29, 0.717) is 19.6 Å². The second kappa shape index (κ2) is 6.26. The maximum Gasteiger partial charge on any atom is 0.240 e. The molecular weight excluding hydrogens is 178 g/mol. The number of halogens is 1. The fourth-order valence-electron chi connectivity index (χ4n) is 0.752. The lowest BCUT2D eigenvalue weighted by molar-refractivity contribution is -0.130. The molecule has 0 heterocycles. The van der Waals surface area contributed by atoms with E-state index < -0.39 is 5.38 Å². The Balaban J connectivity index is 3.75. The number of carbonyl (C=O) groups excluding carboxylic acids is 1. The molecule has 0 aromatic carbocycles. The normalized spacial score (nSPS) is 12.7. The van der Waals surface area contributed by atoms with Crippen molar-refractivity contribution < 1.29 is 9.53 Å². The average molecular weight is 194 g/mol. The van der Waals surface area contributed by atoms with Crippen LogP contribution in [-0.4, -0.2) is 43.5 Å². The topological polar surface area (TPSA) is 29.5 Å². The first kappa shape index (κ1) is 11.7. The van der Waals surface area contributed by atoms with Crippen LogP contribution in [0.25, 0.3) is 0 Å². The number of amides is 1. The van der Waals surface area contributed by atoms with Crippen LogP contribution in [0.4, 0.5) is 0 Å². The zero-order chi connectivity index (χ0) is 9.56. The molecule has 0 aromatic heterocycles. The Morgan fingerprint density at radius 2 is 2.25 bits per heavy atom. The largest absolute Gasteiger partial charge is 0.383 e. The number of carbonyl (C=O) groups is 1. The molecule has 0 rings (SSSR count). The van der Waals surface area contributed by atoms with E-state index in [-0.39, 0.29) is 5.91 Å². The number of methoxy groups -OCH3 is 1. The molecule has 0 bridgehead atoms. The van der Waals surface area contributed by atoms with Crippen LogP contribution in [0.5, 0.6) is 0 Å². The fourth-order valence-corrected chi connectivity index (χ4v) is 0.919. The summed E-state index contributed by atoms with van der Waals surface area (Å²) in [6.07, 6.45) is 0.664. The summed E-state index contributed by atoms with van der Waals surface area (Å²) in [5.41, 5.74) is 0. The Bertz CT molecular complexity index is 141. The molecule has 0 spiro atoms. The van der Waals surface area contributed by atoms with E-state index in [9.17, 15) is 4.79 Å². The van der Waals surface area contributed by atoms with Crippen molar-refractivity contribution in [3.8, 4) is 0 Å². The Morgan fingerprint density at radius 3 is 2.67 bits per heavy atom. The number of hydrogen-bond donors (Lipinski definition) is 0. The Morgan fingerprint density at radius 1 is 1.67 bits per heavy atom. The van der Waals surface area contributed by atoms with Crippen LogP contribution in [0.15, 0.2) is 0 Å². The Labute approximate surface area is 78.6 Å². The van der Waals surface area contributed by atoms with Gasteiger partial charge in [0.05, 0.1) is 6.61 Å². The molecule has 0 unspecified atom stereocenters. The first-order chi connectivity index (χ1) is 5.63. The van der Waals surface area contributed by atoms with Crippen LogP contribution in [0.1, 0.15) is 13.3 Å². The quantitative estimate of drug-likeness (QED) is 0.613. The van der Waals surface area contributed by atoms with Crippen molar-refractivity contribution in [3.05, 3.63) is 0 Å². The molecule has 1 atom stereocenters. The monoisotopic (exact) mass is 193 g/mol. The average Bonchev–Trinajstić information content (AvgIpc) is 2.11. The smallest absolute Gasteiger partial charge is 0.240 e. The van der Waals surface area contributed by atoms with Gasteiger partial charge in [0.25, 0.3) is 0 Å². The molecule has 0 aliphatic rings.